The van der Waals surface area contributed by atoms with Gasteiger partial charge in [-0.25, -0.2) is 4.79 Å². The monoisotopic (exact) mass is 299 g/mol. The molecule has 1 aliphatic heterocycles. The lowest BCUT2D eigenvalue weighted by Crippen LogP contribution is -2.39. The second-order valence-corrected chi connectivity index (χ2v) is 6.33. The maximum atomic E-state index is 12.2. The van der Waals surface area contributed by atoms with Crippen molar-refractivity contribution in [1.82, 2.24) is 4.90 Å². The Balaban J connectivity index is 2.16. The molecular weight excluding hydrogens is 278 g/mol. The van der Waals surface area contributed by atoms with Gasteiger partial charge in [0.2, 0.25) is 0 Å². The molecule has 0 fully saturated rings. The van der Waals surface area contributed by atoms with E-state index in [0.717, 1.165) is 17.6 Å². The van der Waals surface area contributed by atoms with Crippen LogP contribution in [0.5, 0.6) is 0 Å². The number of ether oxygens (including phenoxy) is 1. The number of benzene rings is 1. The molecule has 5 nitrogen and oxygen atoms in total. The zero-order valence-electron chi connectivity index (χ0n) is 13.2. The SMILES string of the molecule is CC(C)(C)OC(=O)N1CCC=C(c2ccc(N)c(C#N)c2)C1. The molecular formula is C17H21N3O2. The molecule has 0 saturated carbocycles. The minimum Gasteiger partial charge on any atom is -0.444 e. The molecule has 0 spiro atoms. The number of nitrogens with two attached hydrogens (primary N) is 1. The molecule has 2 rings (SSSR count). The van der Waals surface area contributed by atoms with E-state index >= 15 is 0 Å². The van der Waals surface area contributed by atoms with Crippen molar-refractivity contribution in [2.45, 2.75) is 32.8 Å². The van der Waals surface area contributed by atoms with Gasteiger partial charge in [0, 0.05) is 18.8 Å². The van der Waals surface area contributed by atoms with Crippen LogP contribution in [0.4, 0.5) is 10.5 Å². The number of anilines is 1. The van der Waals surface area contributed by atoms with Gasteiger partial charge in [-0.2, -0.15) is 5.26 Å². The number of nitriles is 1. The number of hydrogen-bond acceptors (Lipinski definition) is 4. The highest BCUT2D eigenvalue weighted by Gasteiger charge is 2.24. The Morgan fingerprint density at radius 1 is 1.41 bits per heavy atom. The summed E-state index contributed by atoms with van der Waals surface area (Å²) in [6, 6.07) is 7.44. The fourth-order valence-corrected chi connectivity index (χ4v) is 2.29. The van der Waals surface area contributed by atoms with Crippen molar-refractivity contribution < 1.29 is 9.53 Å². The van der Waals surface area contributed by atoms with E-state index in [4.69, 9.17) is 15.7 Å². The quantitative estimate of drug-likeness (QED) is 0.808. The van der Waals surface area contributed by atoms with Crippen LogP contribution in [-0.4, -0.2) is 29.7 Å². The van der Waals surface area contributed by atoms with Gasteiger partial charge < -0.3 is 15.4 Å². The van der Waals surface area contributed by atoms with Gasteiger partial charge in [-0.1, -0.05) is 12.1 Å². The predicted molar refractivity (Wildman–Crippen MR) is 86.0 cm³/mol. The van der Waals surface area contributed by atoms with E-state index in [1.807, 2.05) is 26.8 Å². The average Bonchev–Trinajstić information content (AvgIpc) is 2.46. The Labute approximate surface area is 131 Å². The molecule has 0 bridgehead atoms. The van der Waals surface area contributed by atoms with E-state index in [9.17, 15) is 4.79 Å². The Morgan fingerprint density at radius 2 is 2.14 bits per heavy atom. The van der Waals surface area contributed by atoms with Crippen LogP contribution >= 0.6 is 0 Å². The summed E-state index contributed by atoms with van der Waals surface area (Å²) in [4.78, 5) is 13.9. The summed E-state index contributed by atoms with van der Waals surface area (Å²) in [5, 5.41) is 9.08. The molecule has 1 amide bonds. The van der Waals surface area contributed by atoms with E-state index in [1.54, 1.807) is 17.0 Å². The van der Waals surface area contributed by atoms with E-state index in [2.05, 4.69) is 12.1 Å². The topological polar surface area (TPSA) is 79.3 Å². The van der Waals surface area contributed by atoms with Crippen molar-refractivity contribution in [1.29, 1.82) is 5.26 Å². The molecule has 5 heteroatoms. The molecule has 0 aromatic heterocycles. The number of carbonyl (C=O) groups is 1. The number of nitrogen functional groups attached to an aromatic ring is 1. The second-order valence-electron chi connectivity index (χ2n) is 6.33. The molecule has 1 aliphatic rings. The summed E-state index contributed by atoms with van der Waals surface area (Å²) in [5.41, 5.74) is 8.08. The summed E-state index contributed by atoms with van der Waals surface area (Å²) < 4.78 is 5.41. The standard InChI is InChI=1S/C17H21N3O2/c1-17(2,3)22-16(21)20-8-4-5-13(11-20)12-6-7-15(19)14(9-12)10-18/h5-7,9H,4,8,11,19H2,1-3H3. The number of rotatable bonds is 1. The molecule has 0 aliphatic carbocycles. The second kappa shape index (κ2) is 6.10. The summed E-state index contributed by atoms with van der Waals surface area (Å²) in [5.74, 6) is 0. The van der Waals surface area contributed by atoms with Crippen LogP contribution in [0.2, 0.25) is 0 Å². The highest BCUT2D eigenvalue weighted by Crippen LogP contribution is 2.25. The molecule has 116 valence electrons. The summed E-state index contributed by atoms with van der Waals surface area (Å²) in [6.07, 6.45) is 2.54. The van der Waals surface area contributed by atoms with Crippen molar-refractivity contribution >= 4 is 17.4 Å². The third kappa shape index (κ3) is 3.79. The molecule has 0 radical (unpaired) electrons. The Hall–Kier alpha value is -2.48. The van der Waals surface area contributed by atoms with Gasteiger partial charge in [0.1, 0.15) is 11.7 Å². The minimum atomic E-state index is -0.506. The number of nitrogens with zero attached hydrogens (tertiary/aromatic N) is 2. The highest BCUT2D eigenvalue weighted by atomic mass is 16.6. The van der Waals surface area contributed by atoms with Gasteiger partial charge in [-0.3, -0.25) is 0 Å². The van der Waals surface area contributed by atoms with Crippen LogP contribution in [0.25, 0.3) is 5.57 Å². The lowest BCUT2D eigenvalue weighted by molar-refractivity contribution is 0.0273. The van der Waals surface area contributed by atoms with Crippen LogP contribution in [-0.2, 0) is 4.74 Å². The zero-order valence-corrected chi connectivity index (χ0v) is 13.2. The van der Waals surface area contributed by atoms with Gasteiger partial charge in [-0.05, 0) is 50.5 Å². The van der Waals surface area contributed by atoms with Gasteiger partial charge >= 0.3 is 6.09 Å². The largest absolute Gasteiger partial charge is 0.444 e. The highest BCUT2D eigenvalue weighted by molar-refractivity contribution is 5.76. The fraction of sp³-hybridized carbons (Fsp3) is 0.412. The van der Waals surface area contributed by atoms with E-state index in [-0.39, 0.29) is 6.09 Å². The van der Waals surface area contributed by atoms with Gasteiger partial charge in [0.25, 0.3) is 0 Å². The van der Waals surface area contributed by atoms with Crippen molar-refractivity contribution in [2.75, 3.05) is 18.8 Å². The lowest BCUT2D eigenvalue weighted by Gasteiger charge is -2.30. The number of hydrogen-bond donors (Lipinski definition) is 1. The van der Waals surface area contributed by atoms with Gasteiger partial charge in [-0.15, -0.1) is 0 Å². The molecule has 0 unspecified atom stereocenters. The van der Waals surface area contributed by atoms with E-state index in [0.29, 0.717) is 24.3 Å². The summed E-state index contributed by atoms with van der Waals surface area (Å²) >= 11 is 0. The predicted octanol–water partition coefficient (Wildman–Crippen LogP) is 3.16. The molecule has 0 atom stereocenters. The Kier molecular flexibility index (Phi) is 4.41. The lowest BCUT2D eigenvalue weighted by atomic mass is 9.99. The maximum absolute atomic E-state index is 12.2. The Bertz CT molecular complexity index is 651. The third-order valence-corrected chi connectivity index (χ3v) is 3.35. The third-order valence-electron chi connectivity index (χ3n) is 3.35. The van der Waals surface area contributed by atoms with E-state index < -0.39 is 5.60 Å². The van der Waals surface area contributed by atoms with Crippen molar-refractivity contribution in [2.24, 2.45) is 0 Å². The molecule has 1 aromatic rings. The first kappa shape index (κ1) is 15.9. The molecule has 2 N–H and O–H groups in total. The number of carbonyl (C=O) groups excluding carboxylic acids is 1. The molecule has 1 heterocycles. The van der Waals surface area contributed by atoms with Crippen LogP contribution < -0.4 is 5.73 Å². The van der Waals surface area contributed by atoms with Crippen molar-refractivity contribution in [3.05, 3.63) is 35.4 Å². The molecule has 0 saturated heterocycles. The van der Waals surface area contributed by atoms with Gasteiger partial charge in [0.05, 0.1) is 5.56 Å². The smallest absolute Gasteiger partial charge is 0.410 e. The zero-order chi connectivity index (χ0) is 16.3. The minimum absolute atomic E-state index is 0.311. The summed E-state index contributed by atoms with van der Waals surface area (Å²) in [6.45, 7) is 6.67. The first-order valence-corrected chi connectivity index (χ1v) is 7.27. The fourth-order valence-electron chi connectivity index (χ4n) is 2.29. The van der Waals surface area contributed by atoms with Crippen LogP contribution in [0.15, 0.2) is 24.3 Å². The number of amides is 1. The average molecular weight is 299 g/mol. The Morgan fingerprint density at radius 3 is 2.77 bits per heavy atom. The normalized spacial score (nSPS) is 15.0. The first-order chi connectivity index (χ1) is 10.3. The van der Waals surface area contributed by atoms with Crippen LogP contribution in [0.3, 0.4) is 0 Å². The van der Waals surface area contributed by atoms with Crippen LogP contribution in [0, 0.1) is 11.3 Å². The molecule has 22 heavy (non-hydrogen) atoms. The maximum Gasteiger partial charge on any atom is 0.410 e. The van der Waals surface area contributed by atoms with Crippen LogP contribution in [0.1, 0.15) is 38.3 Å². The van der Waals surface area contributed by atoms with Gasteiger partial charge in [0.15, 0.2) is 0 Å². The van der Waals surface area contributed by atoms with Crippen molar-refractivity contribution in [3.63, 3.8) is 0 Å². The van der Waals surface area contributed by atoms with Crippen molar-refractivity contribution in [3.8, 4) is 6.07 Å². The molecule has 1 aromatic carbocycles. The summed E-state index contributed by atoms with van der Waals surface area (Å²) in [7, 11) is 0. The first-order valence-electron chi connectivity index (χ1n) is 7.27. The van der Waals surface area contributed by atoms with E-state index in [1.165, 1.54) is 0 Å².